The normalized spacial score (nSPS) is 15.2. The van der Waals surface area contributed by atoms with E-state index in [4.69, 9.17) is 15.6 Å². The van der Waals surface area contributed by atoms with Crippen molar-refractivity contribution in [2.24, 2.45) is 5.73 Å². The van der Waals surface area contributed by atoms with Crippen LogP contribution in [0.15, 0.2) is 96.0 Å². The standard InChI is InChI=1S/C26H17N5OS/c27-14-19-22(18-11-10-16-6-4-12-29-23(16)25(18)32-26(19)28)20-15-31(17-7-2-1-3-8-17)30-24(20)21-9-5-13-33-21/h1-13,15,22H,28H2. The number of allylic oxidation sites excluding steroid dienone is 1. The molecular formula is C26H17N5OS. The molecule has 1 unspecified atom stereocenters. The number of nitrogens with two attached hydrogens (primary N) is 1. The Morgan fingerprint density at radius 3 is 2.67 bits per heavy atom. The van der Waals surface area contributed by atoms with Gasteiger partial charge in [-0.15, -0.1) is 11.3 Å². The summed E-state index contributed by atoms with van der Waals surface area (Å²) in [5.74, 6) is 0.247. The van der Waals surface area contributed by atoms with Crippen LogP contribution in [-0.4, -0.2) is 14.8 Å². The maximum absolute atomic E-state index is 10.1. The Labute approximate surface area is 193 Å². The summed E-state index contributed by atoms with van der Waals surface area (Å²) in [7, 11) is 0. The average molecular weight is 448 g/mol. The molecule has 2 aromatic carbocycles. The molecule has 0 fully saturated rings. The van der Waals surface area contributed by atoms with Gasteiger partial charge in [-0.05, 0) is 29.6 Å². The van der Waals surface area contributed by atoms with E-state index in [1.807, 2.05) is 83.0 Å². The third kappa shape index (κ3) is 3.08. The van der Waals surface area contributed by atoms with Crippen molar-refractivity contribution < 1.29 is 4.74 Å². The Kier molecular flexibility index (Phi) is 4.45. The zero-order valence-electron chi connectivity index (χ0n) is 17.3. The van der Waals surface area contributed by atoms with E-state index in [2.05, 4.69) is 11.1 Å². The van der Waals surface area contributed by atoms with E-state index < -0.39 is 5.92 Å². The molecule has 0 bridgehead atoms. The van der Waals surface area contributed by atoms with Gasteiger partial charge < -0.3 is 10.5 Å². The van der Waals surface area contributed by atoms with Crippen molar-refractivity contribution >= 4 is 22.2 Å². The molecule has 6 rings (SSSR count). The second kappa shape index (κ2) is 7.62. The van der Waals surface area contributed by atoms with Crippen molar-refractivity contribution in [1.82, 2.24) is 14.8 Å². The van der Waals surface area contributed by atoms with Crippen LogP contribution in [0.1, 0.15) is 17.0 Å². The van der Waals surface area contributed by atoms with Crippen molar-refractivity contribution in [3.8, 4) is 28.1 Å². The lowest BCUT2D eigenvalue weighted by molar-refractivity contribution is 0.397. The average Bonchev–Trinajstić information content (AvgIpc) is 3.54. The van der Waals surface area contributed by atoms with Crippen LogP contribution in [0, 0.1) is 11.3 Å². The number of para-hydroxylation sites is 1. The van der Waals surface area contributed by atoms with Gasteiger partial charge >= 0.3 is 0 Å². The fourth-order valence-corrected chi connectivity index (χ4v) is 5.02. The first-order valence-electron chi connectivity index (χ1n) is 10.4. The van der Waals surface area contributed by atoms with E-state index in [-0.39, 0.29) is 5.88 Å². The molecule has 6 nitrogen and oxygen atoms in total. The molecule has 7 heteroatoms. The van der Waals surface area contributed by atoms with Gasteiger partial charge in [0.2, 0.25) is 5.88 Å². The first kappa shape index (κ1) is 19.3. The minimum atomic E-state index is -0.431. The number of hydrogen-bond donors (Lipinski definition) is 1. The molecule has 3 aromatic heterocycles. The van der Waals surface area contributed by atoms with Crippen LogP contribution in [0.2, 0.25) is 0 Å². The molecule has 0 aliphatic carbocycles. The van der Waals surface area contributed by atoms with Gasteiger partial charge in [-0.1, -0.05) is 42.5 Å². The fourth-order valence-electron chi connectivity index (χ4n) is 4.29. The maximum Gasteiger partial charge on any atom is 0.205 e. The molecule has 1 aliphatic heterocycles. The second-order valence-corrected chi connectivity index (χ2v) is 8.62. The lowest BCUT2D eigenvalue weighted by atomic mass is 9.83. The molecule has 158 valence electrons. The molecule has 1 aliphatic rings. The lowest BCUT2D eigenvalue weighted by Crippen LogP contribution is -2.21. The third-order valence-electron chi connectivity index (χ3n) is 5.79. The van der Waals surface area contributed by atoms with Crippen LogP contribution < -0.4 is 10.5 Å². The second-order valence-electron chi connectivity index (χ2n) is 7.67. The van der Waals surface area contributed by atoms with Crippen molar-refractivity contribution in [3.05, 3.63) is 107 Å². The Bertz CT molecular complexity index is 1560. The quantitative estimate of drug-likeness (QED) is 0.402. The van der Waals surface area contributed by atoms with E-state index in [0.29, 0.717) is 16.8 Å². The largest absolute Gasteiger partial charge is 0.438 e. The number of rotatable bonds is 3. The van der Waals surface area contributed by atoms with E-state index in [1.165, 1.54) is 0 Å². The van der Waals surface area contributed by atoms with E-state index in [1.54, 1.807) is 17.5 Å². The maximum atomic E-state index is 10.1. The minimum absolute atomic E-state index is 0.0951. The number of benzene rings is 2. The number of nitriles is 1. The molecule has 0 saturated heterocycles. The molecule has 2 N–H and O–H groups in total. The minimum Gasteiger partial charge on any atom is -0.438 e. The Morgan fingerprint density at radius 2 is 1.88 bits per heavy atom. The van der Waals surface area contributed by atoms with E-state index >= 15 is 0 Å². The summed E-state index contributed by atoms with van der Waals surface area (Å²) in [5, 5.41) is 18.0. The van der Waals surface area contributed by atoms with Gasteiger partial charge in [0.15, 0.2) is 5.75 Å². The summed E-state index contributed by atoms with van der Waals surface area (Å²) in [4.78, 5) is 5.54. The van der Waals surface area contributed by atoms with Gasteiger partial charge in [0.25, 0.3) is 0 Å². The van der Waals surface area contributed by atoms with Crippen molar-refractivity contribution in [2.75, 3.05) is 0 Å². The highest BCUT2D eigenvalue weighted by Crippen LogP contribution is 2.47. The van der Waals surface area contributed by atoms with Crippen LogP contribution in [-0.2, 0) is 0 Å². The first-order chi connectivity index (χ1) is 16.2. The smallest absolute Gasteiger partial charge is 0.205 e. The predicted octanol–water partition coefficient (Wildman–Crippen LogP) is 5.37. The van der Waals surface area contributed by atoms with Gasteiger partial charge in [0, 0.05) is 28.9 Å². The van der Waals surface area contributed by atoms with Gasteiger partial charge in [0.1, 0.15) is 22.9 Å². The number of thiophene rings is 1. The number of ether oxygens (including phenoxy) is 1. The molecule has 0 amide bonds. The van der Waals surface area contributed by atoms with Gasteiger partial charge in [-0.3, -0.25) is 4.98 Å². The molecule has 4 heterocycles. The Hall–Kier alpha value is -4.41. The molecule has 0 spiro atoms. The third-order valence-corrected chi connectivity index (χ3v) is 6.66. The zero-order chi connectivity index (χ0) is 22.4. The van der Waals surface area contributed by atoms with Crippen LogP contribution in [0.25, 0.3) is 27.2 Å². The fraction of sp³-hybridized carbons (Fsp3) is 0.0385. The van der Waals surface area contributed by atoms with Crippen molar-refractivity contribution in [3.63, 3.8) is 0 Å². The summed E-state index contributed by atoms with van der Waals surface area (Å²) < 4.78 is 7.82. The predicted molar refractivity (Wildman–Crippen MR) is 128 cm³/mol. The van der Waals surface area contributed by atoms with Crippen LogP contribution in [0.3, 0.4) is 0 Å². The highest BCUT2D eigenvalue weighted by Gasteiger charge is 2.35. The van der Waals surface area contributed by atoms with Gasteiger partial charge in [-0.25, -0.2) is 4.68 Å². The summed E-state index contributed by atoms with van der Waals surface area (Å²) in [6.45, 7) is 0. The van der Waals surface area contributed by atoms with Gasteiger partial charge in [-0.2, -0.15) is 10.4 Å². The van der Waals surface area contributed by atoms with Crippen LogP contribution in [0.4, 0.5) is 0 Å². The number of nitrogens with zero attached hydrogens (tertiary/aromatic N) is 4. The van der Waals surface area contributed by atoms with Crippen LogP contribution in [0.5, 0.6) is 5.75 Å². The number of fused-ring (bicyclic) bond motifs is 3. The molecule has 33 heavy (non-hydrogen) atoms. The Balaban J connectivity index is 1.64. The monoisotopic (exact) mass is 447 g/mol. The summed E-state index contributed by atoms with van der Waals surface area (Å²) >= 11 is 1.61. The van der Waals surface area contributed by atoms with E-state index in [9.17, 15) is 5.26 Å². The number of aromatic nitrogens is 3. The highest BCUT2D eigenvalue weighted by atomic mass is 32.1. The summed E-state index contributed by atoms with van der Waals surface area (Å²) in [6, 6.07) is 24.1. The topological polar surface area (TPSA) is 89.8 Å². The summed E-state index contributed by atoms with van der Waals surface area (Å²) in [6.07, 6.45) is 3.71. The number of hydrogen-bond acceptors (Lipinski definition) is 6. The summed E-state index contributed by atoms with van der Waals surface area (Å²) in [5.41, 5.74) is 10.9. The molecule has 0 saturated carbocycles. The van der Waals surface area contributed by atoms with Crippen molar-refractivity contribution in [2.45, 2.75) is 5.92 Å². The van der Waals surface area contributed by atoms with E-state index in [0.717, 1.165) is 32.8 Å². The Morgan fingerprint density at radius 1 is 1.00 bits per heavy atom. The first-order valence-corrected chi connectivity index (χ1v) is 11.3. The number of pyridine rings is 1. The molecule has 5 aromatic rings. The zero-order valence-corrected chi connectivity index (χ0v) is 18.2. The molecule has 1 atom stereocenters. The van der Waals surface area contributed by atoms with Crippen molar-refractivity contribution in [1.29, 1.82) is 5.26 Å². The molecule has 0 radical (unpaired) electrons. The van der Waals surface area contributed by atoms with Gasteiger partial charge in [0.05, 0.1) is 16.5 Å². The van der Waals surface area contributed by atoms with Crippen LogP contribution >= 0.6 is 11.3 Å². The highest BCUT2D eigenvalue weighted by molar-refractivity contribution is 7.13. The SMILES string of the molecule is N#CC1=C(N)Oc2c(ccc3cccnc23)C1c1cn(-c2ccccc2)nc1-c1cccs1. The molecular weight excluding hydrogens is 430 g/mol. The lowest BCUT2D eigenvalue weighted by Gasteiger charge is -2.26.